The first-order valence-electron chi connectivity index (χ1n) is 0.474. The third-order valence-corrected chi connectivity index (χ3v) is 0. The van der Waals surface area contributed by atoms with Gasteiger partial charge in [-0.25, -0.2) is 0 Å². The van der Waals surface area contributed by atoms with Crippen molar-refractivity contribution in [3.63, 3.8) is 0 Å². The Balaban J connectivity index is 0. The molecule has 5 heavy (non-hydrogen) atoms. The van der Waals surface area contributed by atoms with Crippen LogP contribution in [-0.4, -0.2) is 11.8 Å². The van der Waals surface area contributed by atoms with Crippen LogP contribution in [0.4, 0.5) is 0 Å². The zero-order valence-electron chi connectivity index (χ0n) is 2.01. The van der Waals surface area contributed by atoms with Gasteiger partial charge in [-0.3, -0.25) is 0 Å². The van der Waals surface area contributed by atoms with E-state index in [9.17, 15) is 0 Å². The third kappa shape index (κ3) is 45.2. The molecule has 0 atom stereocenters. The summed E-state index contributed by atoms with van der Waals surface area (Å²) >= 11 is -3.17. The van der Waals surface area contributed by atoms with E-state index in [2.05, 4.69) is 0 Å². The van der Waals surface area contributed by atoms with E-state index < -0.39 is 17.0 Å². The van der Waals surface area contributed by atoms with E-state index >= 15 is 0 Å². The van der Waals surface area contributed by atoms with Crippen LogP contribution in [-0.2, 0) is 33.5 Å². The van der Waals surface area contributed by atoms with Crippen molar-refractivity contribution in [3.05, 3.63) is 0 Å². The second kappa shape index (κ2) is 5.00. The summed E-state index contributed by atoms with van der Waals surface area (Å²) in [6.07, 6.45) is 0. The summed E-state index contributed by atoms with van der Waals surface area (Å²) in [6.45, 7) is 0. The summed E-state index contributed by atoms with van der Waals surface area (Å²) in [6, 6.07) is 0. The fourth-order valence-electron chi connectivity index (χ4n) is 0. The molecule has 0 saturated carbocycles. The molecule has 0 bridgehead atoms. The molecule has 0 amide bonds. The molecule has 0 aromatic rings. The predicted molar refractivity (Wildman–Crippen MR) is 6.66 cm³/mol. The molecule has 0 aromatic carbocycles. The van der Waals surface area contributed by atoms with Crippen LogP contribution < -0.4 is 0 Å². The van der Waals surface area contributed by atoms with E-state index in [0.29, 0.717) is 0 Å². The second-order valence-electron chi connectivity index (χ2n) is 0.212. The van der Waals surface area contributed by atoms with E-state index in [1.165, 1.54) is 0 Å². The van der Waals surface area contributed by atoms with Gasteiger partial charge in [-0.05, 0) is 0 Å². The molecule has 0 aromatic heterocycles. The molecule has 0 aliphatic carbocycles. The van der Waals surface area contributed by atoms with Gasteiger partial charge in [-0.2, -0.15) is 0 Å². The number of rotatable bonds is 0. The SMILES string of the molecule is [Ni].[OH][Ru]([OH])[OH]. The maximum atomic E-state index is 7.31. The van der Waals surface area contributed by atoms with E-state index in [1.807, 2.05) is 0 Å². The fourth-order valence-corrected chi connectivity index (χ4v) is 0. The average Bonchev–Trinajstić information content (AvgIpc) is 0.811. The first kappa shape index (κ1) is 9.37. The summed E-state index contributed by atoms with van der Waals surface area (Å²) in [7, 11) is 0. The van der Waals surface area contributed by atoms with Gasteiger partial charge in [0.2, 0.25) is 0 Å². The summed E-state index contributed by atoms with van der Waals surface area (Å²) in [5.74, 6) is 0. The normalized spacial score (nSPS) is 9.00. The van der Waals surface area contributed by atoms with Crippen molar-refractivity contribution >= 4 is 0 Å². The first-order chi connectivity index (χ1) is 1.73. The molecule has 0 fully saturated rings. The second-order valence-corrected chi connectivity index (χ2v) is 1.25. The average molecular weight is 211 g/mol. The molecular weight excluding hydrogens is 208 g/mol. The Morgan fingerprint density at radius 1 is 1.00 bits per heavy atom. The van der Waals surface area contributed by atoms with Crippen molar-refractivity contribution in [2.75, 3.05) is 0 Å². The van der Waals surface area contributed by atoms with Crippen molar-refractivity contribution in [2.45, 2.75) is 0 Å². The molecule has 0 rings (SSSR count). The number of hydrogen-bond acceptors (Lipinski definition) is 3. The van der Waals surface area contributed by atoms with Crippen LogP contribution in [0.15, 0.2) is 0 Å². The molecule has 0 aliphatic rings. The summed E-state index contributed by atoms with van der Waals surface area (Å²) in [4.78, 5) is 0. The van der Waals surface area contributed by atoms with Gasteiger partial charge in [-0.1, -0.05) is 0 Å². The predicted octanol–water partition coefficient (Wildman–Crippen LogP) is -1.68. The maximum absolute atomic E-state index is 7.31. The van der Waals surface area contributed by atoms with Crippen molar-refractivity contribution < 1.29 is 45.3 Å². The Hall–Kier alpha value is 0.997. The van der Waals surface area contributed by atoms with Gasteiger partial charge in [0.1, 0.15) is 0 Å². The van der Waals surface area contributed by atoms with E-state index in [0.717, 1.165) is 0 Å². The van der Waals surface area contributed by atoms with Crippen LogP contribution in [0.1, 0.15) is 0 Å². The first-order valence-corrected chi connectivity index (χ1v) is 2.81. The Labute approximate surface area is 45.7 Å². The monoisotopic (exact) mass is 211 g/mol. The summed E-state index contributed by atoms with van der Waals surface area (Å²) in [5.41, 5.74) is 0. The molecule has 0 saturated heterocycles. The molecule has 0 aliphatic heterocycles. The van der Waals surface area contributed by atoms with Crippen molar-refractivity contribution in [3.8, 4) is 0 Å². The third-order valence-electron chi connectivity index (χ3n) is 0. The standard InChI is InChI=1S/Ni.3H2O.Ru/h;3*1H2;/q;;;;+3/p-3. The Bertz CT molecular complexity index is 11.6. The molecule has 0 unspecified atom stereocenters. The topological polar surface area (TPSA) is 60.7 Å². The Morgan fingerprint density at radius 3 is 1.00 bits per heavy atom. The van der Waals surface area contributed by atoms with Crippen molar-refractivity contribution in [1.29, 1.82) is 0 Å². The van der Waals surface area contributed by atoms with Crippen LogP contribution in [0, 0.1) is 0 Å². The van der Waals surface area contributed by atoms with E-state index in [4.69, 9.17) is 11.8 Å². The zero-order chi connectivity index (χ0) is 3.58. The van der Waals surface area contributed by atoms with Crippen molar-refractivity contribution in [1.82, 2.24) is 0 Å². The minimum atomic E-state index is -3.17. The van der Waals surface area contributed by atoms with Crippen LogP contribution >= 0.6 is 0 Å². The summed E-state index contributed by atoms with van der Waals surface area (Å²) in [5, 5.41) is 0. The molecule has 0 radical (unpaired) electrons. The van der Waals surface area contributed by atoms with Crippen LogP contribution in [0.3, 0.4) is 0 Å². The van der Waals surface area contributed by atoms with Crippen LogP contribution in [0.2, 0.25) is 0 Å². The van der Waals surface area contributed by atoms with Gasteiger partial charge >= 0.3 is 28.8 Å². The molecule has 5 heteroatoms. The molecule has 0 spiro atoms. The molecule has 0 heterocycles. The quantitative estimate of drug-likeness (QED) is 0.419. The molecular formula is H3NiO3Ru. The molecule has 39 valence electrons. The Morgan fingerprint density at radius 2 is 1.00 bits per heavy atom. The van der Waals surface area contributed by atoms with Gasteiger partial charge in [0, 0.05) is 16.5 Å². The molecule has 3 nitrogen and oxygen atoms in total. The number of hydrogen-bond donors (Lipinski definition) is 3. The van der Waals surface area contributed by atoms with Gasteiger partial charge < -0.3 is 0 Å². The van der Waals surface area contributed by atoms with Crippen LogP contribution in [0.25, 0.3) is 0 Å². The summed E-state index contributed by atoms with van der Waals surface area (Å²) < 4.78 is 21.9. The van der Waals surface area contributed by atoms with E-state index in [1.54, 1.807) is 0 Å². The fraction of sp³-hybridized carbons (Fsp3) is 0. The zero-order valence-corrected chi connectivity index (χ0v) is 4.74. The van der Waals surface area contributed by atoms with Gasteiger partial charge in [0.25, 0.3) is 0 Å². The van der Waals surface area contributed by atoms with E-state index in [-0.39, 0.29) is 16.5 Å². The van der Waals surface area contributed by atoms with Gasteiger partial charge in [0.05, 0.1) is 0 Å². The van der Waals surface area contributed by atoms with Crippen LogP contribution in [0.5, 0.6) is 0 Å². The van der Waals surface area contributed by atoms with Gasteiger partial charge in [0.15, 0.2) is 0 Å². The Kier molecular flexibility index (Phi) is 9.37. The molecule has 3 N–H and O–H groups in total. The van der Waals surface area contributed by atoms with Gasteiger partial charge in [-0.15, -0.1) is 0 Å². The van der Waals surface area contributed by atoms with Crippen molar-refractivity contribution in [2.24, 2.45) is 0 Å². The minimum absolute atomic E-state index is 0.